The zero-order chi connectivity index (χ0) is 32.6. The lowest BCUT2D eigenvalue weighted by atomic mass is 9.92. The van der Waals surface area contributed by atoms with Gasteiger partial charge in [0, 0.05) is 12.1 Å². The Morgan fingerprint density at radius 2 is 0.889 bits per heavy atom. The summed E-state index contributed by atoms with van der Waals surface area (Å²) in [5, 5.41) is 11.1. The molecule has 0 bridgehead atoms. The Morgan fingerprint density at radius 3 is 1.24 bits per heavy atom. The van der Waals surface area contributed by atoms with E-state index in [9.17, 15) is 14.9 Å². The van der Waals surface area contributed by atoms with Crippen LogP contribution in [-0.2, 0) is 9.53 Å². The number of nitro groups is 1. The smallest absolute Gasteiger partial charge is 0.313 e. The van der Waals surface area contributed by atoms with Gasteiger partial charge in [-0.1, -0.05) is 199 Å². The van der Waals surface area contributed by atoms with Crippen LogP contribution in [0.4, 0.5) is 5.69 Å². The van der Waals surface area contributed by atoms with Crippen molar-refractivity contribution >= 4 is 11.7 Å². The molecular weight excluding hydrogens is 558 g/mol. The highest BCUT2D eigenvalue weighted by molar-refractivity contribution is 5.78. The van der Waals surface area contributed by atoms with Crippen molar-refractivity contribution in [1.82, 2.24) is 0 Å². The van der Waals surface area contributed by atoms with Crippen LogP contribution in [0.15, 0.2) is 24.3 Å². The minimum atomic E-state index is -0.389. The standard InChI is InChI=1S/C40H71NO4/c1-3-5-7-9-11-13-15-17-18-19-20-21-23-25-27-29-31-39(37-32-34-38(35-33-37)41(43)44)40(42)45-36-30-28-26-24-22-16-14-12-10-8-6-4-2/h32-35,39H,3-31,36H2,1-2H3. The number of esters is 1. The molecule has 1 rings (SSSR count). The molecule has 0 aromatic heterocycles. The van der Waals surface area contributed by atoms with Gasteiger partial charge in [0.15, 0.2) is 0 Å². The maximum absolute atomic E-state index is 13.1. The molecule has 5 nitrogen and oxygen atoms in total. The van der Waals surface area contributed by atoms with Gasteiger partial charge in [0.1, 0.15) is 0 Å². The second-order valence-corrected chi connectivity index (χ2v) is 13.5. The second-order valence-electron chi connectivity index (χ2n) is 13.5. The number of ether oxygens (including phenoxy) is 1. The van der Waals surface area contributed by atoms with Crippen LogP contribution in [0.3, 0.4) is 0 Å². The number of hydrogen-bond donors (Lipinski definition) is 0. The number of non-ortho nitro benzene ring substituents is 1. The lowest BCUT2D eigenvalue weighted by Crippen LogP contribution is -2.17. The monoisotopic (exact) mass is 630 g/mol. The maximum Gasteiger partial charge on any atom is 0.313 e. The van der Waals surface area contributed by atoms with Crippen LogP contribution in [0.2, 0.25) is 0 Å². The van der Waals surface area contributed by atoms with Crippen molar-refractivity contribution in [3.8, 4) is 0 Å². The van der Waals surface area contributed by atoms with Crippen LogP contribution < -0.4 is 0 Å². The van der Waals surface area contributed by atoms with Gasteiger partial charge in [0.25, 0.3) is 5.69 Å². The summed E-state index contributed by atoms with van der Waals surface area (Å²) in [4.78, 5) is 23.8. The van der Waals surface area contributed by atoms with Crippen molar-refractivity contribution in [2.45, 2.75) is 206 Å². The van der Waals surface area contributed by atoms with E-state index in [1.54, 1.807) is 12.1 Å². The lowest BCUT2D eigenvalue weighted by molar-refractivity contribution is -0.384. The fourth-order valence-corrected chi connectivity index (χ4v) is 6.36. The van der Waals surface area contributed by atoms with E-state index in [0.717, 1.165) is 37.7 Å². The minimum absolute atomic E-state index is 0.0600. The summed E-state index contributed by atoms with van der Waals surface area (Å²) in [6, 6.07) is 6.49. The lowest BCUT2D eigenvalue weighted by Gasteiger charge is -2.16. The molecule has 0 heterocycles. The number of carbonyl (C=O) groups is 1. The van der Waals surface area contributed by atoms with E-state index in [0.29, 0.717) is 6.61 Å². The maximum atomic E-state index is 13.1. The highest BCUT2D eigenvalue weighted by atomic mass is 16.6. The third-order valence-corrected chi connectivity index (χ3v) is 9.38. The van der Waals surface area contributed by atoms with E-state index >= 15 is 0 Å². The zero-order valence-corrected chi connectivity index (χ0v) is 29.7. The Morgan fingerprint density at radius 1 is 0.556 bits per heavy atom. The van der Waals surface area contributed by atoms with E-state index in [2.05, 4.69) is 13.8 Å². The van der Waals surface area contributed by atoms with Crippen LogP contribution >= 0.6 is 0 Å². The molecule has 0 aliphatic rings. The summed E-state index contributed by atoms with van der Waals surface area (Å²) < 4.78 is 5.73. The Bertz CT molecular complexity index is 809. The molecule has 1 unspecified atom stereocenters. The van der Waals surface area contributed by atoms with Crippen molar-refractivity contribution < 1.29 is 14.5 Å². The molecule has 0 aliphatic heterocycles. The van der Waals surface area contributed by atoms with E-state index in [4.69, 9.17) is 4.74 Å². The summed E-state index contributed by atoms with van der Waals surface area (Å²) in [6.07, 6.45) is 37.3. The van der Waals surface area contributed by atoms with E-state index in [1.807, 2.05) is 0 Å². The normalized spacial score (nSPS) is 12.0. The molecule has 0 radical (unpaired) electrons. The van der Waals surface area contributed by atoms with Gasteiger partial charge in [-0.2, -0.15) is 0 Å². The molecule has 0 N–H and O–H groups in total. The number of benzene rings is 1. The minimum Gasteiger partial charge on any atom is -0.465 e. The van der Waals surface area contributed by atoms with Crippen LogP contribution in [0.25, 0.3) is 0 Å². The molecule has 0 fully saturated rings. The highest BCUT2D eigenvalue weighted by Gasteiger charge is 2.22. The van der Waals surface area contributed by atoms with E-state index in [-0.39, 0.29) is 22.5 Å². The van der Waals surface area contributed by atoms with Crippen molar-refractivity contribution in [3.05, 3.63) is 39.9 Å². The van der Waals surface area contributed by atoms with Gasteiger partial charge in [-0.05, 0) is 18.4 Å². The fraction of sp³-hybridized carbons (Fsp3) is 0.825. The van der Waals surface area contributed by atoms with Gasteiger partial charge < -0.3 is 4.74 Å². The Balaban J connectivity index is 2.21. The van der Waals surface area contributed by atoms with Crippen LogP contribution in [0, 0.1) is 10.1 Å². The number of nitrogens with zero attached hydrogens (tertiary/aromatic N) is 1. The fourth-order valence-electron chi connectivity index (χ4n) is 6.36. The van der Waals surface area contributed by atoms with E-state index in [1.165, 1.54) is 166 Å². The quantitative estimate of drug-likeness (QED) is 0.0336. The first-order chi connectivity index (χ1) is 22.1. The van der Waals surface area contributed by atoms with Crippen LogP contribution in [0.1, 0.15) is 212 Å². The summed E-state index contributed by atoms with van der Waals surface area (Å²) in [7, 11) is 0. The number of unbranched alkanes of at least 4 members (excludes halogenated alkanes) is 26. The molecule has 0 spiro atoms. The molecule has 1 aromatic rings. The van der Waals surface area contributed by atoms with Crippen molar-refractivity contribution in [3.63, 3.8) is 0 Å². The summed E-state index contributed by atoms with van der Waals surface area (Å²) >= 11 is 0. The third-order valence-electron chi connectivity index (χ3n) is 9.38. The molecule has 0 amide bonds. The molecule has 0 saturated heterocycles. The number of rotatable bonds is 33. The Hall–Kier alpha value is -1.91. The van der Waals surface area contributed by atoms with Gasteiger partial charge >= 0.3 is 5.97 Å². The first-order valence-corrected chi connectivity index (χ1v) is 19.5. The van der Waals surface area contributed by atoms with Gasteiger partial charge in [0.05, 0.1) is 17.4 Å². The Kier molecular flexibility index (Phi) is 28.1. The highest BCUT2D eigenvalue weighted by Crippen LogP contribution is 2.27. The van der Waals surface area contributed by atoms with Crippen molar-refractivity contribution in [2.75, 3.05) is 6.61 Å². The molecular formula is C40H71NO4. The molecule has 5 heteroatoms. The SMILES string of the molecule is CCCCCCCCCCCCCCCCCCC(C(=O)OCCCCCCCCCCCCCC)c1ccc([N+](=O)[O-])cc1. The summed E-state index contributed by atoms with van der Waals surface area (Å²) in [6.45, 7) is 5.01. The molecule has 1 aromatic carbocycles. The number of hydrogen-bond acceptors (Lipinski definition) is 4. The second kappa shape index (κ2) is 30.7. The summed E-state index contributed by atoms with van der Waals surface area (Å²) in [5.41, 5.74) is 0.894. The third kappa shape index (κ3) is 24.0. The first kappa shape index (κ1) is 41.1. The topological polar surface area (TPSA) is 69.4 Å². The van der Waals surface area contributed by atoms with Gasteiger partial charge in [-0.25, -0.2) is 0 Å². The predicted octanol–water partition coefficient (Wildman–Crippen LogP) is 13.6. The Labute approximate surface area is 278 Å². The predicted molar refractivity (Wildman–Crippen MR) is 192 cm³/mol. The number of nitro benzene ring substituents is 1. The zero-order valence-electron chi connectivity index (χ0n) is 29.7. The molecule has 1 atom stereocenters. The average Bonchev–Trinajstić information content (AvgIpc) is 3.04. The first-order valence-electron chi connectivity index (χ1n) is 19.5. The molecule has 45 heavy (non-hydrogen) atoms. The van der Waals surface area contributed by atoms with Gasteiger partial charge in [-0.15, -0.1) is 0 Å². The summed E-state index contributed by atoms with van der Waals surface area (Å²) in [5.74, 6) is -0.511. The molecule has 260 valence electrons. The van der Waals surface area contributed by atoms with Crippen molar-refractivity contribution in [1.29, 1.82) is 0 Å². The average molecular weight is 630 g/mol. The van der Waals surface area contributed by atoms with Gasteiger partial charge in [0.2, 0.25) is 0 Å². The largest absolute Gasteiger partial charge is 0.465 e. The number of carbonyl (C=O) groups excluding carboxylic acids is 1. The molecule has 0 aliphatic carbocycles. The van der Waals surface area contributed by atoms with Gasteiger partial charge in [-0.3, -0.25) is 14.9 Å². The van der Waals surface area contributed by atoms with Crippen LogP contribution in [0.5, 0.6) is 0 Å². The van der Waals surface area contributed by atoms with Crippen molar-refractivity contribution in [2.24, 2.45) is 0 Å². The van der Waals surface area contributed by atoms with Crippen LogP contribution in [-0.4, -0.2) is 17.5 Å². The molecule has 0 saturated carbocycles. The van der Waals surface area contributed by atoms with E-state index < -0.39 is 0 Å².